The van der Waals surface area contributed by atoms with Crippen molar-refractivity contribution in [2.45, 2.75) is 212 Å². The molecule has 5 saturated carbocycles. The summed E-state index contributed by atoms with van der Waals surface area (Å²) in [5.74, 6) is 5.19. The van der Waals surface area contributed by atoms with Crippen LogP contribution in [0.4, 0.5) is 8.78 Å². The summed E-state index contributed by atoms with van der Waals surface area (Å²) in [7, 11) is 0. The van der Waals surface area contributed by atoms with Crippen LogP contribution in [0.2, 0.25) is 0 Å². The van der Waals surface area contributed by atoms with Gasteiger partial charge in [-0.15, -0.1) is 0 Å². The molecular weight excluding hydrogens is 1420 g/mol. The van der Waals surface area contributed by atoms with Crippen LogP contribution in [0.1, 0.15) is 237 Å². The van der Waals surface area contributed by atoms with Crippen molar-refractivity contribution in [3.8, 4) is 28.7 Å². The van der Waals surface area contributed by atoms with E-state index in [9.17, 15) is 28.6 Å². The number of aryl methyl sites for hydroxylation is 10. The number of benzene rings is 10. The second-order valence-corrected chi connectivity index (χ2v) is 34.2. The topological polar surface area (TPSA) is 121 Å². The van der Waals surface area contributed by atoms with Crippen LogP contribution in [0.25, 0.3) is 0 Å². The number of ketones is 2. The Balaban J connectivity index is 0.000000124. The van der Waals surface area contributed by atoms with Gasteiger partial charge in [0.2, 0.25) is 5.92 Å². The first-order valence-electron chi connectivity index (χ1n) is 40.4. The number of hydrogen-bond acceptors (Lipinski definition) is 9. The Hall–Kier alpha value is -8.62. The molecule has 3 radical (unpaired) electrons. The van der Waals surface area contributed by atoms with Gasteiger partial charge < -0.3 is 35.3 Å². The van der Waals surface area contributed by atoms with E-state index in [0.29, 0.717) is 72.8 Å². The molecule has 5 heterocycles. The Morgan fingerprint density at radius 2 is 0.522 bits per heavy atom. The number of halogens is 2. The normalized spacial score (nSPS) is 27.4. The second-order valence-electron chi connectivity index (χ2n) is 34.2. The molecule has 10 aromatic rings. The SMILES string of the molecule is Cc1ccc([C@H]2Oc3ccc(C)cc3[C@H]3CC(=O)C[C@H]32)cc1.Cc1ccc([C@H]2Oc3ccc(C)cc3[C@H]3CC(=O)C[C@H]32)cc1.Cc1ccc([C@H]2Oc3ccc(C)cc3[C@H]3CC(F)(F)C[C@H]32)cc1.Cc1ccc([C@H]2Oc3ccc(C)cc3[C@H]3C[C@@H](O)C[C@H]32)cc1.Cc1ccc([C@H]2Oc3ccc(C)cc3[C@H]3C[C@H](O)C[C@H]32)cc1.[B].[H-].[Na+]. The first-order chi connectivity index (χ1) is 53.4. The number of aliphatic hydroxyl groups excluding tert-OH is 2. The van der Waals surface area contributed by atoms with Crippen molar-refractivity contribution in [3.05, 3.63) is 324 Å². The molecule has 10 aliphatic rings. The minimum absolute atomic E-state index is 0. The van der Waals surface area contributed by atoms with Crippen molar-refractivity contribution >= 4 is 20.0 Å². The smallest absolute Gasteiger partial charge is 1.00 e. The Morgan fingerprint density at radius 3 is 0.796 bits per heavy atom. The molecule has 0 spiro atoms. The Bertz CT molecular complexity index is 4820. The number of carbonyl (C=O) groups is 2. The molecule has 0 saturated heterocycles. The molecule has 0 bridgehead atoms. The first-order valence-corrected chi connectivity index (χ1v) is 40.4. The van der Waals surface area contributed by atoms with Crippen molar-refractivity contribution in [1.29, 1.82) is 0 Å². The molecular formula is C100H105BF2NaO9. The number of carbonyl (C=O) groups excluding carboxylic acids is 2. The fourth-order valence-electron chi connectivity index (χ4n) is 20.1. The average molecular weight is 1520 g/mol. The average Bonchev–Trinajstić information content (AvgIpc) is 1.59. The minimum Gasteiger partial charge on any atom is -1.00 e. The number of ether oxygens (including phenoxy) is 5. The summed E-state index contributed by atoms with van der Waals surface area (Å²) in [5, 5.41) is 20.4. The summed E-state index contributed by atoms with van der Waals surface area (Å²) in [6.45, 7) is 20.8. The molecule has 113 heavy (non-hydrogen) atoms. The zero-order valence-corrected chi connectivity index (χ0v) is 69.2. The summed E-state index contributed by atoms with van der Waals surface area (Å²) < 4.78 is 59.8. The molecule has 5 aliphatic carbocycles. The number of alkyl halides is 2. The van der Waals surface area contributed by atoms with Gasteiger partial charge in [0, 0.05) is 94.3 Å². The van der Waals surface area contributed by atoms with Crippen molar-refractivity contribution in [2.24, 2.45) is 29.6 Å². The first kappa shape index (κ1) is 81.0. The predicted molar refractivity (Wildman–Crippen MR) is 440 cm³/mol. The number of fused-ring (bicyclic) bond motifs is 15. The summed E-state index contributed by atoms with van der Waals surface area (Å²) in [6.07, 6.45) is 5.18. The van der Waals surface area contributed by atoms with E-state index in [4.69, 9.17) is 23.7 Å². The predicted octanol–water partition coefficient (Wildman–Crippen LogP) is 19.9. The number of hydrogen-bond donors (Lipinski definition) is 2. The zero-order chi connectivity index (χ0) is 77.3. The third kappa shape index (κ3) is 17.2. The van der Waals surface area contributed by atoms with E-state index in [2.05, 4.69) is 225 Å². The maximum atomic E-state index is 14.1. The van der Waals surface area contributed by atoms with Gasteiger partial charge in [-0.1, -0.05) is 238 Å². The third-order valence-corrected chi connectivity index (χ3v) is 25.7. The maximum absolute atomic E-state index is 14.1. The van der Waals surface area contributed by atoms with E-state index in [1.165, 1.54) is 89.0 Å². The summed E-state index contributed by atoms with van der Waals surface area (Å²) in [5.41, 5.74) is 24.0. The third-order valence-electron chi connectivity index (χ3n) is 25.7. The standard InChI is InChI=1S/C20H20F2O.2C20H22O2.2C20H20O2.B.Na.H/c1-12-3-6-14(7-4-12)19-17-11-20(21,22)10-16(17)15-9-13(2)5-8-18(15)23-19;4*1-12-3-6-14(7-4-12)20-18-11-15(21)10-16(18)17-9-13(2)5-8-19(17)22-20;;;/h3-9,16-17,19H,10-11H2,1-2H3;2*3-9,15-16,18,20-21H,10-11H2,1-2H3;2*3-9,16,18,20H,10-11H2,1-2H3;;;/q;;;;;;+1;-1/t16-,17-,19-;15-,16+,18+,20+;15-,16-,18-,20-;2*16-,18-,20-;;;/m10111.../s1. The molecule has 5 fully saturated rings. The van der Waals surface area contributed by atoms with Gasteiger partial charge in [-0.25, -0.2) is 8.78 Å². The molecule has 10 aromatic carbocycles. The van der Waals surface area contributed by atoms with Crippen molar-refractivity contribution in [2.75, 3.05) is 0 Å². The molecule has 5 aliphatic heterocycles. The maximum Gasteiger partial charge on any atom is 1.00 e. The summed E-state index contributed by atoms with van der Waals surface area (Å²) >= 11 is 0. The quantitative estimate of drug-likeness (QED) is 0.162. The Morgan fingerprint density at radius 1 is 0.292 bits per heavy atom. The van der Waals surface area contributed by atoms with Crippen molar-refractivity contribution in [3.63, 3.8) is 0 Å². The Labute approximate surface area is 692 Å². The van der Waals surface area contributed by atoms with Crippen LogP contribution < -0.4 is 53.2 Å². The number of rotatable bonds is 5. The van der Waals surface area contributed by atoms with E-state index < -0.39 is 5.92 Å². The molecule has 13 heteroatoms. The largest absolute Gasteiger partial charge is 1.00 e. The van der Waals surface area contributed by atoms with Gasteiger partial charge in [0.15, 0.2) is 0 Å². The van der Waals surface area contributed by atoms with Crippen LogP contribution in [0.5, 0.6) is 28.7 Å². The molecule has 0 unspecified atom stereocenters. The van der Waals surface area contributed by atoms with E-state index >= 15 is 0 Å². The summed E-state index contributed by atoms with van der Waals surface area (Å²) in [4.78, 5) is 24.2. The van der Waals surface area contributed by atoms with Crippen molar-refractivity contribution < 1.29 is 83.3 Å². The van der Waals surface area contributed by atoms with E-state index in [1.54, 1.807) is 0 Å². The minimum atomic E-state index is -2.60. The molecule has 0 amide bonds. The summed E-state index contributed by atoms with van der Waals surface area (Å²) in [6, 6.07) is 73.8. The van der Waals surface area contributed by atoms with Crippen LogP contribution in [0, 0.1) is 98.8 Å². The zero-order valence-electron chi connectivity index (χ0n) is 68.2. The van der Waals surface area contributed by atoms with Crippen LogP contribution in [-0.2, 0) is 9.59 Å². The van der Waals surface area contributed by atoms with Crippen LogP contribution in [0.3, 0.4) is 0 Å². The van der Waals surface area contributed by atoms with Gasteiger partial charge in [-0.3, -0.25) is 9.59 Å². The number of aliphatic hydroxyl groups is 2. The molecule has 577 valence electrons. The molecule has 2 N–H and O–H groups in total. The van der Waals surface area contributed by atoms with Crippen LogP contribution in [0.15, 0.2) is 212 Å². The molecule has 20 rings (SSSR count). The van der Waals surface area contributed by atoms with Gasteiger partial charge in [0.1, 0.15) is 70.8 Å². The molecule has 9 nitrogen and oxygen atoms in total. The van der Waals surface area contributed by atoms with E-state index in [-0.39, 0.29) is 119 Å². The fourth-order valence-corrected chi connectivity index (χ4v) is 20.1. The van der Waals surface area contributed by atoms with Crippen LogP contribution in [-0.4, -0.2) is 48.3 Å². The molecule has 17 atom stereocenters. The van der Waals surface area contributed by atoms with Gasteiger partial charge in [0.05, 0.1) is 12.2 Å². The van der Waals surface area contributed by atoms with Gasteiger partial charge in [0.25, 0.3) is 0 Å². The van der Waals surface area contributed by atoms with Gasteiger partial charge >= 0.3 is 29.6 Å². The monoisotopic (exact) mass is 1520 g/mol. The van der Waals surface area contributed by atoms with Crippen LogP contribution >= 0.6 is 0 Å². The van der Waals surface area contributed by atoms with E-state index in [1.807, 2.05) is 56.3 Å². The molecule has 0 aromatic heterocycles. The second kappa shape index (κ2) is 33.7. The van der Waals surface area contributed by atoms with Gasteiger partial charge in [-0.05, 0) is 193 Å². The number of Topliss-reactive ketones (excluding diaryl/α,β-unsaturated/α-hetero) is 2. The van der Waals surface area contributed by atoms with Gasteiger partial charge in [-0.2, -0.15) is 0 Å². The van der Waals surface area contributed by atoms with E-state index in [0.717, 1.165) is 76.7 Å². The Kier molecular flexibility index (Phi) is 24.1. The fraction of sp³-hybridized carbons (Fsp3) is 0.380. The van der Waals surface area contributed by atoms with Crippen molar-refractivity contribution in [1.82, 2.24) is 0 Å².